The number of hydrogen-bond donors (Lipinski definition) is 3. The number of carbonyl (C=O) groups excluding carboxylic acids is 1. The zero-order chi connectivity index (χ0) is 15.6. The second kappa shape index (κ2) is 6.33. The Bertz CT molecular complexity index is 573. The first-order valence-corrected chi connectivity index (χ1v) is 6.88. The van der Waals surface area contributed by atoms with Crippen molar-refractivity contribution in [1.29, 1.82) is 0 Å². The molecule has 8 nitrogen and oxygen atoms in total. The first-order chi connectivity index (χ1) is 9.97. The fraction of sp³-hybridized carbons (Fsp3) is 0.615. The molecule has 1 aromatic heterocycles. The van der Waals surface area contributed by atoms with E-state index in [9.17, 15) is 19.8 Å². The third-order valence-electron chi connectivity index (χ3n) is 3.43. The molecule has 1 aliphatic heterocycles. The predicted octanol–water partition coefficient (Wildman–Crippen LogP) is -0.379. The average molecular weight is 297 g/mol. The molecule has 0 unspecified atom stereocenters. The van der Waals surface area contributed by atoms with Gasteiger partial charge in [0.1, 0.15) is 18.0 Å². The van der Waals surface area contributed by atoms with Crippen LogP contribution < -0.4 is 11.0 Å². The number of nitrogens with one attached hydrogen (secondary N) is 1. The number of anilines is 1. The molecule has 1 aromatic rings. The van der Waals surface area contributed by atoms with Crippen LogP contribution in [0.25, 0.3) is 0 Å². The van der Waals surface area contributed by atoms with Crippen LogP contribution in [-0.2, 0) is 9.53 Å². The van der Waals surface area contributed by atoms with Gasteiger partial charge < -0.3 is 20.3 Å². The summed E-state index contributed by atoms with van der Waals surface area (Å²) in [5.74, 6) is -0.110. The summed E-state index contributed by atoms with van der Waals surface area (Å²) >= 11 is 0. The Hall–Kier alpha value is -1.77. The highest BCUT2D eigenvalue weighted by molar-refractivity contribution is 5.89. The molecule has 1 saturated heterocycles. The summed E-state index contributed by atoms with van der Waals surface area (Å²) < 4.78 is 6.58. The smallest absolute Gasteiger partial charge is 0.351 e. The number of ether oxygens (including phenoxy) is 1. The van der Waals surface area contributed by atoms with Gasteiger partial charge in [0.05, 0.1) is 6.10 Å². The number of aliphatic hydroxyl groups excluding tert-OH is 2. The van der Waals surface area contributed by atoms with Gasteiger partial charge in [-0.3, -0.25) is 9.36 Å². The largest absolute Gasteiger partial charge is 0.388 e. The number of hydrogen-bond acceptors (Lipinski definition) is 6. The summed E-state index contributed by atoms with van der Waals surface area (Å²) in [6.07, 6.45) is -1.60. The van der Waals surface area contributed by atoms with Gasteiger partial charge >= 0.3 is 5.69 Å². The maximum Gasteiger partial charge on any atom is 0.351 e. The fourth-order valence-electron chi connectivity index (χ4n) is 2.20. The summed E-state index contributed by atoms with van der Waals surface area (Å²) in [6, 6.07) is 1.44. The van der Waals surface area contributed by atoms with E-state index in [0.717, 1.165) is 4.57 Å². The van der Waals surface area contributed by atoms with Crippen molar-refractivity contribution in [2.75, 3.05) is 5.32 Å². The van der Waals surface area contributed by atoms with Gasteiger partial charge in [0.25, 0.3) is 0 Å². The maximum atomic E-state index is 12.0. The number of rotatable bonds is 4. The molecule has 8 heteroatoms. The van der Waals surface area contributed by atoms with Gasteiger partial charge in [-0.25, -0.2) is 4.79 Å². The molecule has 1 amide bonds. The molecule has 1 fully saturated rings. The van der Waals surface area contributed by atoms with E-state index >= 15 is 0 Å². The fourth-order valence-corrected chi connectivity index (χ4v) is 2.20. The van der Waals surface area contributed by atoms with Gasteiger partial charge in [0, 0.05) is 12.6 Å². The molecule has 0 aromatic carbocycles. The molecular formula is C13H19N3O5. The summed E-state index contributed by atoms with van der Waals surface area (Å²) in [5.41, 5.74) is -0.670. The number of amides is 1. The van der Waals surface area contributed by atoms with E-state index in [2.05, 4.69) is 10.3 Å². The monoisotopic (exact) mass is 297 g/mol. The van der Waals surface area contributed by atoms with Gasteiger partial charge in [-0.05, 0) is 12.5 Å². The minimum absolute atomic E-state index is 0.142. The Morgan fingerprint density at radius 3 is 2.67 bits per heavy atom. The zero-order valence-electron chi connectivity index (χ0n) is 11.9. The van der Waals surface area contributed by atoms with E-state index in [1.807, 2.05) is 6.92 Å². The molecule has 3 N–H and O–H groups in total. The van der Waals surface area contributed by atoms with Crippen molar-refractivity contribution in [2.24, 2.45) is 0 Å². The van der Waals surface area contributed by atoms with E-state index in [1.54, 1.807) is 6.92 Å². The van der Waals surface area contributed by atoms with Crippen LogP contribution in [0.2, 0.25) is 0 Å². The molecule has 116 valence electrons. The lowest BCUT2D eigenvalue weighted by molar-refractivity contribution is -0.115. The van der Waals surface area contributed by atoms with Crippen molar-refractivity contribution in [3.05, 3.63) is 22.7 Å². The quantitative estimate of drug-likeness (QED) is 0.698. The Labute approximate surface area is 121 Å². The topological polar surface area (TPSA) is 114 Å². The van der Waals surface area contributed by atoms with Crippen LogP contribution in [0.4, 0.5) is 5.82 Å². The second-order valence-corrected chi connectivity index (χ2v) is 4.86. The first kappa shape index (κ1) is 15.6. The van der Waals surface area contributed by atoms with Crippen molar-refractivity contribution in [3.8, 4) is 0 Å². The molecule has 0 bridgehead atoms. The molecule has 0 spiro atoms. The predicted molar refractivity (Wildman–Crippen MR) is 73.6 cm³/mol. The lowest BCUT2D eigenvalue weighted by atomic mass is 10.1. The van der Waals surface area contributed by atoms with Gasteiger partial charge in [0.2, 0.25) is 5.91 Å². The van der Waals surface area contributed by atoms with Crippen LogP contribution in [0, 0.1) is 0 Å². The molecule has 1 aliphatic rings. The summed E-state index contributed by atoms with van der Waals surface area (Å²) in [4.78, 5) is 26.9. The molecule has 0 aliphatic carbocycles. The summed E-state index contributed by atoms with van der Waals surface area (Å²) in [6.45, 7) is 3.50. The van der Waals surface area contributed by atoms with Crippen LogP contribution in [0.15, 0.2) is 17.1 Å². The van der Waals surface area contributed by atoms with Crippen LogP contribution in [0.1, 0.15) is 32.9 Å². The number of carbonyl (C=O) groups is 1. The van der Waals surface area contributed by atoms with E-state index in [0.29, 0.717) is 6.42 Å². The van der Waals surface area contributed by atoms with E-state index in [4.69, 9.17) is 4.74 Å². The van der Waals surface area contributed by atoms with Gasteiger partial charge in [-0.1, -0.05) is 13.8 Å². The third kappa shape index (κ3) is 3.12. The Morgan fingerprint density at radius 1 is 1.43 bits per heavy atom. The van der Waals surface area contributed by atoms with Crippen molar-refractivity contribution >= 4 is 11.7 Å². The number of aliphatic hydroxyl groups is 2. The second-order valence-electron chi connectivity index (χ2n) is 4.86. The average Bonchev–Trinajstić information content (AvgIpc) is 2.75. The highest BCUT2D eigenvalue weighted by atomic mass is 16.6. The van der Waals surface area contributed by atoms with Crippen molar-refractivity contribution in [2.45, 2.75) is 51.2 Å². The number of aromatic nitrogens is 2. The Balaban J connectivity index is 2.22. The third-order valence-corrected chi connectivity index (χ3v) is 3.43. The number of nitrogens with zero attached hydrogens (tertiary/aromatic N) is 2. The Morgan fingerprint density at radius 2 is 2.14 bits per heavy atom. The molecular weight excluding hydrogens is 278 g/mol. The maximum absolute atomic E-state index is 12.0. The van der Waals surface area contributed by atoms with Crippen molar-refractivity contribution in [1.82, 2.24) is 9.55 Å². The van der Waals surface area contributed by atoms with Gasteiger partial charge in [-0.15, -0.1) is 0 Å². The van der Waals surface area contributed by atoms with Gasteiger partial charge in [-0.2, -0.15) is 4.98 Å². The van der Waals surface area contributed by atoms with Crippen LogP contribution in [0.3, 0.4) is 0 Å². The van der Waals surface area contributed by atoms with Crippen molar-refractivity contribution < 1.29 is 19.7 Å². The van der Waals surface area contributed by atoms with Gasteiger partial charge in [0.15, 0.2) is 6.23 Å². The minimum atomic E-state index is -1.20. The van der Waals surface area contributed by atoms with E-state index in [1.165, 1.54) is 12.3 Å². The lowest BCUT2D eigenvalue weighted by Gasteiger charge is -2.17. The normalized spacial score (nSPS) is 28.6. The van der Waals surface area contributed by atoms with E-state index in [-0.39, 0.29) is 18.1 Å². The standard InChI is InChI=1S/C13H19N3O5/c1-3-7-10(18)11(19)12(21-7)16-6-5-8(15-13(16)20)14-9(17)4-2/h5-7,10-12,18-19H,3-4H2,1-2H3,(H,14,15,17,20)/t7-,10-,11+,12-/m1/s1. The van der Waals surface area contributed by atoms with Crippen LogP contribution in [0.5, 0.6) is 0 Å². The molecule has 21 heavy (non-hydrogen) atoms. The molecule has 0 saturated carbocycles. The molecule has 2 heterocycles. The summed E-state index contributed by atoms with van der Waals surface area (Å²) in [7, 11) is 0. The minimum Gasteiger partial charge on any atom is -0.388 e. The highest BCUT2D eigenvalue weighted by Crippen LogP contribution is 2.29. The van der Waals surface area contributed by atoms with Crippen LogP contribution >= 0.6 is 0 Å². The molecule has 0 radical (unpaired) electrons. The highest BCUT2D eigenvalue weighted by Gasteiger charge is 2.43. The lowest BCUT2D eigenvalue weighted by Crippen LogP contribution is -2.35. The Kier molecular flexibility index (Phi) is 4.71. The first-order valence-electron chi connectivity index (χ1n) is 6.88. The molecule has 2 rings (SSSR count). The van der Waals surface area contributed by atoms with Crippen LogP contribution in [-0.4, -0.2) is 44.0 Å². The van der Waals surface area contributed by atoms with Crippen molar-refractivity contribution in [3.63, 3.8) is 0 Å². The zero-order valence-corrected chi connectivity index (χ0v) is 11.9. The SMILES string of the molecule is CCC(=O)Nc1ccn([C@@H]2O[C@H](CC)[C@@H](O)[C@@H]2O)c(=O)n1. The molecule has 4 atom stereocenters. The summed E-state index contributed by atoms with van der Waals surface area (Å²) in [5, 5.41) is 22.2. The van der Waals surface area contributed by atoms with E-state index < -0.39 is 30.2 Å².